The Labute approximate surface area is 102 Å². The molecule has 0 unspecified atom stereocenters. The molecule has 0 aliphatic heterocycles. The first-order valence-electron chi connectivity index (χ1n) is 4.57. The molecule has 0 aliphatic rings. The Bertz CT molecular complexity index is 504. The van der Waals surface area contributed by atoms with Gasteiger partial charge in [-0.1, -0.05) is 0 Å². The fourth-order valence-corrected chi connectivity index (χ4v) is 3.66. The second-order valence-corrected chi connectivity index (χ2v) is 6.20. The molecule has 1 heterocycles. The summed E-state index contributed by atoms with van der Waals surface area (Å²) in [5.41, 5.74) is 0. The van der Waals surface area contributed by atoms with Crippen LogP contribution in [0.25, 0.3) is 9.65 Å². The van der Waals surface area contributed by atoms with Gasteiger partial charge in [0, 0.05) is 0 Å². The van der Waals surface area contributed by atoms with Crippen molar-refractivity contribution in [2.45, 2.75) is 6.92 Å². The fraction of sp³-hybridized carbons (Fsp3) is 0.182. The van der Waals surface area contributed by atoms with Gasteiger partial charge in [0.15, 0.2) is 0 Å². The summed E-state index contributed by atoms with van der Waals surface area (Å²) in [5.74, 6) is -0.176. The first kappa shape index (κ1) is 10.9. The summed E-state index contributed by atoms with van der Waals surface area (Å²) in [5, 5.41) is 1.13. The van der Waals surface area contributed by atoms with Gasteiger partial charge in [0.05, 0.1) is 0 Å². The van der Waals surface area contributed by atoms with E-state index < -0.39 is 0 Å². The molecule has 78 valence electrons. The monoisotopic (exact) mass is 332 g/mol. The van der Waals surface area contributed by atoms with E-state index in [0.29, 0.717) is 6.61 Å². The van der Waals surface area contributed by atoms with Gasteiger partial charge in [0.2, 0.25) is 0 Å². The van der Waals surface area contributed by atoms with E-state index in [9.17, 15) is 4.79 Å². The van der Waals surface area contributed by atoms with Crippen LogP contribution in [0.3, 0.4) is 0 Å². The van der Waals surface area contributed by atoms with Crippen molar-refractivity contribution in [2.75, 3.05) is 6.61 Å². The Hall–Kier alpha value is -0.571. The van der Waals surface area contributed by atoms with E-state index in [1.807, 2.05) is 25.1 Å². The molecule has 1 aromatic carbocycles. The second-order valence-electron chi connectivity index (χ2n) is 3.01. The number of carbonyl (C=O) groups is 1. The molecule has 15 heavy (non-hydrogen) atoms. The summed E-state index contributed by atoms with van der Waals surface area (Å²) in [6, 6.07) is 8.02. The van der Waals surface area contributed by atoms with Crippen LogP contribution in [0, 0.1) is 0 Å². The van der Waals surface area contributed by atoms with E-state index in [1.165, 1.54) is 4.26 Å². The Morgan fingerprint density at radius 2 is 2.27 bits per heavy atom. The van der Waals surface area contributed by atoms with Crippen molar-refractivity contribution in [1.29, 1.82) is 0 Å². The van der Waals surface area contributed by atoms with Crippen LogP contribution < -0.4 is 0 Å². The van der Waals surface area contributed by atoms with Crippen molar-refractivity contribution >= 4 is 46.0 Å². The first-order valence-corrected chi connectivity index (χ1v) is 7.07. The summed E-state index contributed by atoms with van der Waals surface area (Å²) in [6.07, 6.45) is 0. The molecule has 1 aromatic heterocycles. The van der Waals surface area contributed by atoms with E-state index in [1.54, 1.807) is 0 Å². The number of rotatable bonds is 2. The summed E-state index contributed by atoms with van der Waals surface area (Å²) in [4.78, 5) is 11.5. The number of ether oxygens (including phenoxy) is 1. The molecule has 2 aromatic rings. The topological polar surface area (TPSA) is 26.3 Å². The fourth-order valence-electron chi connectivity index (χ4n) is 1.32. The molecular formula is C11H9BrO2Se. The van der Waals surface area contributed by atoms with Gasteiger partial charge in [-0.05, 0) is 0 Å². The van der Waals surface area contributed by atoms with Crippen molar-refractivity contribution in [1.82, 2.24) is 0 Å². The first-order chi connectivity index (χ1) is 7.20. The zero-order valence-corrected chi connectivity index (χ0v) is 11.4. The average molecular weight is 332 g/mol. The second kappa shape index (κ2) is 4.52. The molecule has 0 N–H and O–H groups in total. The van der Waals surface area contributed by atoms with Crippen LogP contribution in [-0.2, 0) is 4.74 Å². The standard InChI is InChI=1S/C11H9BrO2Se/c1-2-14-11(13)10-6-7-5-8(12)3-4-9(7)15-10/h3-6H,2H2,1H3. The zero-order valence-electron chi connectivity index (χ0n) is 8.12. The minimum atomic E-state index is -0.176. The van der Waals surface area contributed by atoms with E-state index in [2.05, 4.69) is 22.0 Å². The van der Waals surface area contributed by atoms with E-state index >= 15 is 0 Å². The molecule has 0 aliphatic carbocycles. The SMILES string of the molecule is CCOC(=O)c1cc2cc(Br)ccc2[se]1. The molecule has 4 heteroatoms. The molecule has 0 radical (unpaired) electrons. The van der Waals surface area contributed by atoms with Crippen LogP contribution in [0.4, 0.5) is 0 Å². The van der Waals surface area contributed by atoms with Crippen molar-refractivity contribution in [2.24, 2.45) is 0 Å². The summed E-state index contributed by atoms with van der Waals surface area (Å²) >= 11 is 3.51. The maximum absolute atomic E-state index is 11.5. The van der Waals surface area contributed by atoms with E-state index in [0.717, 1.165) is 14.3 Å². The van der Waals surface area contributed by atoms with Crippen molar-refractivity contribution in [3.8, 4) is 0 Å². The van der Waals surface area contributed by atoms with Gasteiger partial charge in [-0.2, -0.15) is 0 Å². The number of hydrogen-bond donors (Lipinski definition) is 0. The van der Waals surface area contributed by atoms with Gasteiger partial charge < -0.3 is 0 Å². The maximum atomic E-state index is 11.5. The van der Waals surface area contributed by atoms with Gasteiger partial charge in [-0.15, -0.1) is 0 Å². The molecule has 0 saturated heterocycles. The molecule has 0 amide bonds. The quantitative estimate of drug-likeness (QED) is 0.625. The van der Waals surface area contributed by atoms with Gasteiger partial charge in [0.1, 0.15) is 0 Å². The molecule has 0 bridgehead atoms. The minimum absolute atomic E-state index is 0.0995. The van der Waals surface area contributed by atoms with Crippen molar-refractivity contribution in [3.05, 3.63) is 33.2 Å². The average Bonchev–Trinajstić information content (AvgIpc) is 2.60. The van der Waals surface area contributed by atoms with Gasteiger partial charge >= 0.3 is 102 Å². The number of halogens is 1. The van der Waals surface area contributed by atoms with E-state index in [4.69, 9.17) is 4.74 Å². The summed E-state index contributed by atoms with van der Waals surface area (Å²) in [7, 11) is 0. The van der Waals surface area contributed by atoms with Crippen LogP contribution in [0.15, 0.2) is 28.7 Å². The third-order valence-electron chi connectivity index (χ3n) is 1.95. The summed E-state index contributed by atoms with van der Waals surface area (Å²) in [6.45, 7) is 2.26. The van der Waals surface area contributed by atoms with E-state index in [-0.39, 0.29) is 20.5 Å². The van der Waals surface area contributed by atoms with Gasteiger partial charge in [-0.3, -0.25) is 0 Å². The Morgan fingerprint density at radius 3 is 3.00 bits per heavy atom. The number of carbonyl (C=O) groups excluding carboxylic acids is 1. The Kier molecular flexibility index (Phi) is 3.29. The number of benzene rings is 1. The van der Waals surface area contributed by atoms with Crippen LogP contribution >= 0.6 is 15.9 Å². The van der Waals surface area contributed by atoms with Gasteiger partial charge in [-0.25, -0.2) is 0 Å². The molecule has 2 rings (SSSR count). The molecule has 0 saturated carbocycles. The zero-order chi connectivity index (χ0) is 10.8. The summed E-state index contributed by atoms with van der Waals surface area (Å²) < 4.78 is 8.07. The predicted octanol–water partition coefficient (Wildman–Crippen LogP) is 2.84. The van der Waals surface area contributed by atoms with Crippen LogP contribution in [0.1, 0.15) is 16.2 Å². The van der Waals surface area contributed by atoms with Gasteiger partial charge in [0.25, 0.3) is 0 Å². The number of esters is 1. The van der Waals surface area contributed by atoms with Crippen LogP contribution in [0.5, 0.6) is 0 Å². The van der Waals surface area contributed by atoms with Crippen LogP contribution in [0.2, 0.25) is 0 Å². The third-order valence-corrected chi connectivity index (χ3v) is 4.75. The van der Waals surface area contributed by atoms with Crippen LogP contribution in [-0.4, -0.2) is 27.1 Å². The number of hydrogen-bond acceptors (Lipinski definition) is 2. The molecule has 0 spiro atoms. The predicted molar refractivity (Wildman–Crippen MR) is 64.5 cm³/mol. The molecular weight excluding hydrogens is 323 g/mol. The molecule has 0 fully saturated rings. The molecule has 0 atom stereocenters. The van der Waals surface area contributed by atoms with Crippen molar-refractivity contribution in [3.63, 3.8) is 0 Å². The Morgan fingerprint density at radius 1 is 1.47 bits per heavy atom. The van der Waals surface area contributed by atoms with Crippen molar-refractivity contribution < 1.29 is 9.53 Å². The Balaban J connectivity index is 2.42. The third kappa shape index (κ3) is 2.33. The normalized spacial score (nSPS) is 10.5. The number of fused-ring (bicyclic) bond motifs is 1. The molecule has 2 nitrogen and oxygen atoms in total.